The number of carbonyl (C=O) groups is 2. The van der Waals surface area contributed by atoms with Crippen LogP contribution in [0.15, 0.2) is 48.5 Å². The van der Waals surface area contributed by atoms with Crippen LogP contribution in [0.1, 0.15) is 38.5 Å². The van der Waals surface area contributed by atoms with Gasteiger partial charge in [-0.25, -0.2) is 0 Å². The summed E-state index contributed by atoms with van der Waals surface area (Å²) < 4.78 is 5.59. The Balaban J connectivity index is 1.28. The third kappa shape index (κ3) is 4.93. The van der Waals surface area contributed by atoms with E-state index in [1.54, 1.807) is 4.90 Å². The van der Waals surface area contributed by atoms with Crippen molar-refractivity contribution in [3.63, 3.8) is 0 Å². The fraction of sp³-hybridized carbons (Fsp3) is 0.417. The smallest absolute Gasteiger partial charge is 0.227 e. The van der Waals surface area contributed by atoms with Crippen molar-refractivity contribution < 1.29 is 14.3 Å². The van der Waals surface area contributed by atoms with Crippen molar-refractivity contribution in [2.24, 2.45) is 0 Å². The molecule has 6 heteroatoms. The number of amides is 2. The number of nitrogens with zero attached hydrogens (tertiary/aromatic N) is 2. The van der Waals surface area contributed by atoms with Crippen molar-refractivity contribution in [1.82, 2.24) is 0 Å². The lowest BCUT2D eigenvalue weighted by Crippen LogP contribution is -2.38. The van der Waals surface area contributed by atoms with Crippen LogP contribution in [-0.2, 0) is 9.59 Å². The molecule has 158 valence electrons. The van der Waals surface area contributed by atoms with Gasteiger partial charge in [0.15, 0.2) is 0 Å². The van der Waals surface area contributed by atoms with E-state index in [2.05, 4.69) is 22.3 Å². The number of rotatable bonds is 5. The van der Waals surface area contributed by atoms with Crippen molar-refractivity contribution in [2.45, 2.75) is 38.5 Å². The minimum absolute atomic E-state index is 0.0580. The lowest BCUT2D eigenvalue weighted by Gasteiger charge is -2.29. The Kier molecular flexibility index (Phi) is 6.52. The van der Waals surface area contributed by atoms with Crippen molar-refractivity contribution in [2.75, 3.05) is 41.4 Å². The average Bonchev–Trinajstić information content (AvgIpc) is 3.07. The Labute approximate surface area is 177 Å². The van der Waals surface area contributed by atoms with Gasteiger partial charge in [0.2, 0.25) is 11.8 Å². The van der Waals surface area contributed by atoms with Crippen LogP contribution in [0, 0.1) is 0 Å². The van der Waals surface area contributed by atoms with Crippen molar-refractivity contribution in [3.8, 4) is 5.75 Å². The quantitative estimate of drug-likeness (QED) is 0.807. The maximum Gasteiger partial charge on any atom is 0.227 e. The van der Waals surface area contributed by atoms with Gasteiger partial charge in [0.05, 0.1) is 12.2 Å². The molecule has 2 heterocycles. The standard InChI is InChI=1S/C24H29N3O3/c28-23(13-14-24(29)27-17-18-30-22-8-4-3-7-21(22)27)25-19-9-11-20(12-10-19)26-15-5-1-2-6-16-26/h3-4,7-12H,1-2,5-6,13-18H2,(H,25,28). The number of fused-ring (bicyclic) bond motifs is 1. The second kappa shape index (κ2) is 9.65. The molecule has 0 aliphatic carbocycles. The van der Waals surface area contributed by atoms with Gasteiger partial charge >= 0.3 is 0 Å². The molecule has 0 atom stereocenters. The van der Waals surface area contributed by atoms with E-state index in [4.69, 9.17) is 4.74 Å². The van der Waals surface area contributed by atoms with Gasteiger partial charge < -0.3 is 19.9 Å². The third-order valence-electron chi connectivity index (χ3n) is 5.72. The molecule has 0 unspecified atom stereocenters. The molecule has 2 aromatic rings. The van der Waals surface area contributed by atoms with E-state index in [0.29, 0.717) is 18.9 Å². The summed E-state index contributed by atoms with van der Waals surface area (Å²) in [4.78, 5) is 29.1. The van der Waals surface area contributed by atoms with E-state index in [0.717, 1.165) is 24.5 Å². The van der Waals surface area contributed by atoms with Gasteiger partial charge in [0, 0.05) is 37.3 Å². The Hall–Kier alpha value is -3.02. The summed E-state index contributed by atoms with van der Waals surface area (Å²) >= 11 is 0. The fourth-order valence-corrected chi connectivity index (χ4v) is 4.09. The van der Waals surface area contributed by atoms with E-state index in [9.17, 15) is 9.59 Å². The summed E-state index contributed by atoms with van der Waals surface area (Å²) in [5.74, 6) is 0.510. The number of carbonyl (C=O) groups excluding carboxylic acids is 2. The van der Waals surface area contributed by atoms with E-state index in [-0.39, 0.29) is 24.7 Å². The van der Waals surface area contributed by atoms with E-state index < -0.39 is 0 Å². The summed E-state index contributed by atoms with van der Waals surface area (Å²) in [5.41, 5.74) is 2.75. The van der Waals surface area contributed by atoms with Crippen LogP contribution in [-0.4, -0.2) is 38.1 Å². The highest BCUT2D eigenvalue weighted by Gasteiger charge is 2.23. The fourth-order valence-electron chi connectivity index (χ4n) is 4.09. The van der Waals surface area contributed by atoms with Gasteiger partial charge in [0.25, 0.3) is 0 Å². The van der Waals surface area contributed by atoms with Crippen LogP contribution < -0.4 is 19.9 Å². The molecule has 4 rings (SSSR count). The van der Waals surface area contributed by atoms with E-state index in [1.807, 2.05) is 36.4 Å². The normalized spacial score (nSPS) is 16.3. The predicted octanol–water partition coefficient (Wildman–Crippen LogP) is 4.21. The van der Waals surface area contributed by atoms with Gasteiger partial charge in [-0.15, -0.1) is 0 Å². The summed E-state index contributed by atoms with van der Waals surface area (Å²) in [6, 6.07) is 15.5. The van der Waals surface area contributed by atoms with Crippen LogP contribution in [0.4, 0.5) is 17.1 Å². The zero-order chi connectivity index (χ0) is 20.8. The molecule has 0 spiro atoms. The van der Waals surface area contributed by atoms with Crippen LogP contribution in [0.25, 0.3) is 0 Å². The van der Waals surface area contributed by atoms with Crippen LogP contribution in [0.5, 0.6) is 5.75 Å². The summed E-state index contributed by atoms with van der Waals surface area (Å²) in [5, 5.41) is 2.91. The number of hydrogen-bond donors (Lipinski definition) is 1. The molecule has 0 aromatic heterocycles. The maximum atomic E-state index is 12.7. The Morgan fingerprint density at radius 2 is 1.60 bits per heavy atom. The van der Waals surface area contributed by atoms with Gasteiger partial charge in [-0.1, -0.05) is 25.0 Å². The minimum atomic E-state index is -0.146. The predicted molar refractivity (Wildman–Crippen MR) is 119 cm³/mol. The molecule has 2 aliphatic rings. The Bertz CT molecular complexity index is 874. The number of benzene rings is 2. The number of para-hydroxylation sites is 2. The van der Waals surface area contributed by atoms with Gasteiger partial charge in [-0.2, -0.15) is 0 Å². The molecule has 0 saturated carbocycles. The first-order chi connectivity index (χ1) is 14.7. The summed E-state index contributed by atoms with van der Waals surface area (Å²) in [7, 11) is 0. The number of hydrogen-bond acceptors (Lipinski definition) is 4. The first-order valence-corrected chi connectivity index (χ1v) is 10.9. The number of ether oxygens (including phenoxy) is 1. The third-order valence-corrected chi connectivity index (χ3v) is 5.72. The van der Waals surface area contributed by atoms with Gasteiger partial charge in [-0.05, 0) is 49.2 Å². The molecular weight excluding hydrogens is 378 g/mol. The average molecular weight is 408 g/mol. The van der Waals surface area contributed by atoms with Crippen LogP contribution in [0.2, 0.25) is 0 Å². The van der Waals surface area contributed by atoms with E-state index >= 15 is 0 Å². The van der Waals surface area contributed by atoms with Crippen LogP contribution >= 0.6 is 0 Å². The zero-order valence-corrected chi connectivity index (χ0v) is 17.3. The second-order valence-electron chi connectivity index (χ2n) is 7.86. The molecule has 2 aliphatic heterocycles. The molecular formula is C24H29N3O3. The SMILES string of the molecule is O=C(CCC(=O)N1CCOc2ccccc21)Nc1ccc(N2CCCCCC2)cc1. The maximum absolute atomic E-state index is 12.7. The highest BCUT2D eigenvalue weighted by molar-refractivity contribution is 5.99. The van der Waals surface area contributed by atoms with Crippen molar-refractivity contribution in [3.05, 3.63) is 48.5 Å². The molecule has 1 fully saturated rings. The molecule has 0 bridgehead atoms. The summed E-state index contributed by atoms with van der Waals surface area (Å²) in [6.07, 6.45) is 5.41. The molecule has 1 saturated heterocycles. The summed E-state index contributed by atoms with van der Waals surface area (Å²) in [6.45, 7) is 3.17. The second-order valence-corrected chi connectivity index (χ2v) is 7.86. The van der Waals surface area contributed by atoms with Crippen LogP contribution in [0.3, 0.4) is 0 Å². The largest absolute Gasteiger partial charge is 0.490 e. The van der Waals surface area contributed by atoms with Gasteiger partial charge in [-0.3, -0.25) is 9.59 Å². The molecule has 6 nitrogen and oxygen atoms in total. The molecule has 2 amide bonds. The first-order valence-electron chi connectivity index (χ1n) is 10.9. The van der Waals surface area contributed by atoms with Crippen molar-refractivity contribution in [1.29, 1.82) is 0 Å². The monoisotopic (exact) mass is 407 g/mol. The molecule has 30 heavy (non-hydrogen) atoms. The Morgan fingerprint density at radius 1 is 0.867 bits per heavy atom. The first kappa shape index (κ1) is 20.3. The minimum Gasteiger partial charge on any atom is -0.490 e. The highest BCUT2D eigenvalue weighted by Crippen LogP contribution is 2.31. The van der Waals surface area contributed by atoms with Crippen molar-refractivity contribution >= 4 is 28.9 Å². The molecule has 1 N–H and O–H groups in total. The molecule has 0 radical (unpaired) electrons. The lowest BCUT2D eigenvalue weighted by atomic mass is 10.2. The lowest BCUT2D eigenvalue weighted by molar-refractivity contribution is -0.122. The highest BCUT2D eigenvalue weighted by atomic mass is 16.5. The number of anilines is 3. The zero-order valence-electron chi connectivity index (χ0n) is 17.3. The number of nitrogens with one attached hydrogen (secondary N) is 1. The Morgan fingerprint density at radius 3 is 2.37 bits per heavy atom. The van der Waals surface area contributed by atoms with Gasteiger partial charge in [0.1, 0.15) is 12.4 Å². The van der Waals surface area contributed by atoms with E-state index in [1.165, 1.54) is 31.4 Å². The topological polar surface area (TPSA) is 61.9 Å². The molecule has 2 aromatic carbocycles.